The van der Waals surface area contributed by atoms with E-state index in [9.17, 15) is 9.59 Å². The highest BCUT2D eigenvalue weighted by Crippen LogP contribution is 2.24. The number of nitrogens with zero attached hydrogens (tertiary/aromatic N) is 2. The average Bonchev–Trinajstić information content (AvgIpc) is 3.20. The van der Waals surface area contributed by atoms with Crippen LogP contribution < -0.4 is 10.9 Å². The number of anilines is 1. The second kappa shape index (κ2) is 9.19. The summed E-state index contributed by atoms with van der Waals surface area (Å²) in [5.74, 6) is 0.423. The molecule has 7 heteroatoms. The lowest BCUT2D eigenvalue weighted by molar-refractivity contribution is -0.117. The zero-order valence-electron chi connectivity index (χ0n) is 17.1. The van der Waals surface area contributed by atoms with Crippen LogP contribution in [0.15, 0.2) is 47.3 Å². The zero-order chi connectivity index (χ0) is 20.9. The molecule has 1 aliphatic carbocycles. The first-order valence-corrected chi connectivity index (χ1v) is 10.2. The molecule has 0 atom stereocenters. The van der Waals surface area contributed by atoms with Gasteiger partial charge in [0.25, 0.3) is 5.56 Å². The molecule has 0 radical (unpaired) electrons. The van der Waals surface area contributed by atoms with Gasteiger partial charge in [-0.1, -0.05) is 18.2 Å². The third-order valence-corrected chi connectivity index (χ3v) is 5.40. The van der Waals surface area contributed by atoms with Gasteiger partial charge in [0.1, 0.15) is 5.82 Å². The van der Waals surface area contributed by atoms with Crippen LogP contribution in [0.5, 0.6) is 0 Å². The largest absolute Gasteiger partial charge is 0.383 e. The molecule has 156 valence electrons. The number of methoxy groups -OCH3 is 1. The molecule has 2 aromatic carbocycles. The molecule has 7 nitrogen and oxygen atoms in total. The molecular weight excluding hydrogens is 380 g/mol. The number of benzene rings is 2. The van der Waals surface area contributed by atoms with Gasteiger partial charge in [0.05, 0.1) is 30.6 Å². The lowest BCUT2D eigenvalue weighted by Crippen LogP contribution is -2.36. The number of rotatable bonds is 8. The van der Waals surface area contributed by atoms with Crippen molar-refractivity contribution >= 4 is 22.5 Å². The van der Waals surface area contributed by atoms with E-state index in [2.05, 4.69) is 27.4 Å². The Kier molecular flexibility index (Phi) is 6.21. The number of fused-ring (bicyclic) bond motifs is 2. The first kappa shape index (κ1) is 20.3. The van der Waals surface area contributed by atoms with Crippen molar-refractivity contribution in [2.75, 3.05) is 32.1 Å². The molecule has 0 saturated heterocycles. The normalized spacial score (nSPS) is 13.0. The van der Waals surface area contributed by atoms with E-state index in [1.165, 1.54) is 17.5 Å². The number of hydrogen-bond acceptors (Lipinski definition) is 5. The second-order valence-corrected chi connectivity index (χ2v) is 7.62. The topological polar surface area (TPSA) is 87.3 Å². The monoisotopic (exact) mass is 406 g/mol. The Labute approximate surface area is 175 Å². The summed E-state index contributed by atoms with van der Waals surface area (Å²) in [6, 6.07) is 13.4. The first-order valence-electron chi connectivity index (χ1n) is 10.2. The van der Waals surface area contributed by atoms with Gasteiger partial charge in [0, 0.05) is 19.3 Å². The number of amides is 1. The Morgan fingerprint density at radius 2 is 2.03 bits per heavy atom. The zero-order valence-corrected chi connectivity index (χ0v) is 17.1. The quantitative estimate of drug-likeness (QED) is 0.600. The Balaban J connectivity index is 1.46. The van der Waals surface area contributed by atoms with Gasteiger partial charge in [-0.05, 0) is 54.7 Å². The number of carbonyl (C=O) groups excluding carboxylic acids is 1. The van der Waals surface area contributed by atoms with Crippen LogP contribution in [0, 0.1) is 0 Å². The maximum absolute atomic E-state index is 12.7. The van der Waals surface area contributed by atoms with E-state index >= 15 is 0 Å². The van der Waals surface area contributed by atoms with Gasteiger partial charge >= 0.3 is 0 Å². The van der Waals surface area contributed by atoms with Crippen molar-refractivity contribution in [2.45, 2.75) is 25.8 Å². The molecule has 3 aromatic rings. The lowest BCUT2D eigenvalue weighted by Gasteiger charge is -2.21. The van der Waals surface area contributed by atoms with Crippen molar-refractivity contribution in [2.24, 2.45) is 0 Å². The number of H-pyrrole nitrogens is 1. The van der Waals surface area contributed by atoms with Gasteiger partial charge in [-0.25, -0.2) is 4.98 Å². The highest BCUT2D eigenvalue weighted by Gasteiger charge is 2.15. The van der Waals surface area contributed by atoms with Gasteiger partial charge in [0.2, 0.25) is 5.91 Å². The number of ether oxygens (including phenoxy) is 1. The molecule has 0 aliphatic heterocycles. The number of aryl methyl sites for hydroxylation is 2. The molecule has 0 fully saturated rings. The Bertz CT molecular complexity index is 1110. The van der Waals surface area contributed by atoms with Crippen LogP contribution in [-0.2, 0) is 28.9 Å². The minimum atomic E-state index is -0.176. The van der Waals surface area contributed by atoms with Crippen LogP contribution in [0.4, 0.5) is 5.69 Å². The van der Waals surface area contributed by atoms with Crippen molar-refractivity contribution in [3.63, 3.8) is 0 Å². The predicted octanol–water partition coefficient (Wildman–Crippen LogP) is 2.50. The van der Waals surface area contributed by atoms with E-state index in [0.29, 0.717) is 36.4 Å². The van der Waals surface area contributed by atoms with Gasteiger partial charge in [0.15, 0.2) is 0 Å². The summed E-state index contributed by atoms with van der Waals surface area (Å²) >= 11 is 0. The molecule has 0 bridgehead atoms. The fourth-order valence-electron chi connectivity index (χ4n) is 3.91. The van der Waals surface area contributed by atoms with Crippen LogP contribution in [0.1, 0.15) is 23.4 Å². The summed E-state index contributed by atoms with van der Waals surface area (Å²) in [7, 11) is 1.62. The van der Waals surface area contributed by atoms with Crippen LogP contribution in [0.2, 0.25) is 0 Å². The molecule has 2 N–H and O–H groups in total. The maximum atomic E-state index is 12.7. The Hall–Kier alpha value is -3.03. The van der Waals surface area contributed by atoms with Gasteiger partial charge < -0.3 is 15.0 Å². The lowest BCUT2D eigenvalue weighted by atomic mass is 10.1. The number of hydrogen-bond donors (Lipinski definition) is 2. The van der Waals surface area contributed by atoms with Crippen molar-refractivity contribution < 1.29 is 9.53 Å². The van der Waals surface area contributed by atoms with E-state index in [4.69, 9.17) is 4.74 Å². The molecule has 0 saturated carbocycles. The number of nitrogens with one attached hydrogen (secondary N) is 2. The molecule has 0 unspecified atom stereocenters. The van der Waals surface area contributed by atoms with Crippen LogP contribution in [-0.4, -0.2) is 47.6 Å². The smallest absolute Gasteiger partial charge is 0.258 e. The summed E-state index contributed by atoms with van der Waals surface area (Å²) in [4.78, 5) is 34.3. The summed E-state index contributed by atoms with van der Waals surface area (Å²) < 4.78 is 5.19. The molecule has 1 heterocycles. The third-order valence-electron chi connectivity index (χ3n) is 5.40. The van der Waals surface area contributed by atoms with Crippen molar-refractivity contribution in [3.05, 3.63) is 69.8 Å². The number of aromatic nitrogens is 2. The summed E-state index contributed by atoms with van der Waals surface area (Å²) in [6.07, 6.45) is 3.36. The Morgan fingerprint density at radius 1 is 1.20 bits per heavy atom. The van der Waals surface area contributed by atoms with Crippen molar-refractivity contribution in [1.29, 1.82) is 0 Å². The van der Waals surface area contributed by atoms with E-state index in [0.717, 1.165) is 18.5 Å². The molecule has 1 aliphatic rings. The minimum Gasteiger partial charge on any atom is -0.383 e. The van der Waals surface area contributed by atoms with Gasteiger partial charge in [-0.2, -0.15) is 0 Å². The van der Waals surface area contributed by atoms with Gasteiger partial charge in [-0.15, -0.1) is 0 Å². The fraction of sp³-hybridized carbons (Fsp3) is 0.348. The van der Waals surface area contributed by atoms with Crippen LogP contribution in [0.3, 0.4) is 0 Å². The number of carbonyl (C=O) groups is 1. The van der Waals surface area contributed by atoms with E-state index < -0.39 is 0 Å². The molecule has 1 aromatic heterocycles. The SMILES string of the molecule is COCCN(CC(=O)Nc1ccc2c(c1)CCC2)Cc1nc2ccccc2c(=O)[nH]1. The van der Waals surface area contributed by atoms with E-state index in [1.54, 1.807) is 13.2 Å². The van der Waals surface area contributed by atoms with Crippen molar-refractivity contribution in [3.8, 4) is 0 Å². The predicted molar refractivity (Wildman–Crippen MR) is 117 cm³/mol. The Morgan fingerprint density at radius 3 is 2.90 bits per heavy atom. The summed E-state index contributed by atoms with van der Waals surface area (Å²) in [5, 5.41) is 3.55. The number of aromatic amines is 1. The average molecular weight is 406 g/mol. The minimum absolute atomic E-state index is 0.104. The molecule has 30 heavy (non-hydrogen) atoms. The van der Waals surface area contributed by atoms with Crippen molar-refractivity contribution in [1.82, 2.24) is 14.9 Å². The first-order chi connectivity index (χ1) is 14.6. The van der Waals surface area contributed by atoms with E-state index in [1.807, 2.05) is 29.2 Å². The van der Waals surface area contributed by atoms with Crippen LogP contribution >= 0.6 is 0 Å². The highest BCUT2D eigenvalue weighted by atomic mass is 16.5. The highest BCUT2D eigenvalue weighted by molar-refractivity contribution is 5.92. The summed E-state index contributed by atoms with van der Waals surface area (Å²) in [6.45, 7) is 1.55. The summed E-state index contributed by atoms with van der Waals surface area (Å²) in [5.41, 5.74) is 3.99. The fourth-order valence-corrected chi connectivity index (χ4v) is 3.91. The molecular formula is C23H26N4O3. The number of para-hydroxylation sites is 1. The van der Waals surface area contributed by atoms with Crippen LogP contribution in [0.25, 0.3) is 10.9 Å². The van der Waals surface area contributed by atoms with E-state index in [-0.39, 0.29) is 18.0 Å². The maximum Gasteiger partial charge on any atom is 0.258 e. The third kappa shape index (κ3) is 4.75. The van der Waals surface area contributed by atoms with Gasteiger partial charge in [-0.3, -0.25) is 14.5 Å². The molecule has 0 spiro atoms. The molecule has 4 rings (SSSR count). The standard InChI is InChI=1S/C23H26N4O3/c1-30-12-11-27(14-21-25-20-8-3-2-7-19(20)23(29)26-21)15-22(28)24-18-10-9-16-5-4-6-17(16)13-18/h2-3,7-10,13H,4-6,11-12,14-15H2,1H3,(H,24,28)(H,25,26,29). The second-order valence-electron chi connectivity index (χ2n) is 7.62. The molecule has 1 amide bonds.